The molecule has 1 atom stereocenters. The molecule has 0 bridgehead atoms. The fraction of sp³-hybridized carbons (Fsp3) is 0.938. The standard InChI is InChI=1S/C16H36N2O3Si/c1-15(2,3)18-13(10-9-11-17-14(19)20)12-21-22(7,8)16(4,5)6/h13,17-18H,9-12H2,1-8H3,(H,19,20)/t13-/m0/s1. The Bertz CT molecular complexity index is 346. The van der Waals surface area contributed by atoms with Crippen LogP contribution in [-0.2, 0) is 4.43 Å². The maximum Gasteiger partial charge on any atom is 0.404 e. The average molecular weight is 333 g/mol. The molecule has 0 aliphatic heterocycles. The molecule has 3 N–H and O–H groups in total. The van der Waals surface area contributed by atoms with Crippen molar-refractivity contribution in [3.63, 3.8) is 0 Å². The van der Waals surface area contributed by atoms with Crippen molar-refractivity contribution in [2.24, 2.45) is 0 Å². The third-order valence-electron chi connectivity index (χ3n) is 4.09. The molecular formula is C16H36N2O3Si. The van der Waals surface area contributed by atoms with Gasteiger partial charge in [0.1, 0.15) is 0 Å². The minimum atomic E-state index is -1.76. The predicted molar refractivity (Wildman–Crippen MR) is 95.1 cm³/mol. The summed E-state index contributed by atoms with van der Waals surface area (Å²) in [5.74, 6) is 0. The Morgan fingerprint density at radius 3 is 2.14 bits per heavy atom. The minimum absolute atomic E-state index is 0.0156. The molecule has 0 heterocycles. The first-order valence-corrected chi connectivity index (χ1v) is 11.0. The van der Waals surface area contributed by atoms with Crippen LogP contribution in [0.15, 0.2) is 0 Å². The van der Waals surface area contributed by atoms with Gasteiger partial charge < -0.3 is 20.2 Å². The van der Waals surface area contributed by atoms with Crippen LogP contribution in [0.4, 0.5) is 4.79 Å². The highest BCUT2D eigenvalue weighted by Crippen LogP contribution is 2.36. The predicted octanol–water partition coefficient (Wildman–Crippen LogP) is 3.81. The van der Waals surface area contributed by atoms with Crippen LogP contribution in [0.25, 0.3) is 0 Å². The van der Waals surface area contributed by atoms with E-state index < -0.39 is 14.4 Å². The first kappa shape index (κ1) is 21.4. The maximum atomic E-state index is 10.5. The molecule has 0 fully saturated rings. The molecule has 0 aliphatic rings. The van der Waals surface area contributed by atoms with Gasteiger partial charge in [0.05, 0.1) is 0 Å². The lowest BCUT2D eigenvalue weighted by atomic mass is 10.0. The maximum absolute atomic E-state index is 10.5. The quantitative estimate of drug-likeness (QED) is 0.467. The van der Waals surface area contributed by atoms with E-state index in [2.05, 4.69) is 65.3 Å². The van der Waals surface area contributed by atoms with Gasteiger partial charge in [-0.25, -0.2) is 4.79 Å². The zero-order chi connectivity index (χ0) is 17.6. The van der Waals surface area contributed by atoms with E-state index in [0.29, 0.717) is 13.2 Å². The number of nitrogens with one attached hydrogen (secondary N) is 2. The highest BCUT2D eigenvalue weighted by molar-refractivity contribution is 6.74. The summed E-state index contributed by atoms with van der Waals surface area (Å²) in [5, 5.41) is 14.8. The molecule has 1 amide bonds. The Kier molecular flexibility index (Phi) is 8.09. The van der Waals surface area contributed by atoms with Gasteiger partial charge in [-0.3, -0.25) is 0 Å². The zero-order valence-electron chi connectivity index (χ0n) is 15.7. The van der Waals surface area contributed by atoms with Crippen molar-refractivity contribution in [1.82, 2.24) is 10.6 Å². The third kappa shape index (κ3) is 9.43. The van der Waals surface area contributed by atoms with Crippen LogP contribution in [0, 0.1) is 0 Å². The molecular weight excluding hydrogens is 296 g/mol. The molecule has 0 spiro atoms. The van der Waals surface area contributed by atoms with Crippen molar-refractivity contribution in [3.05, 3.63) is 0 Å². The van der Waals surface area contributed by atoms with E-state index in [1.54, 1.807) is 0 Å². The molecule has 0 rings (SSSR count). The van der Waals surface area contributed by atoms with Gasteiger partial charge in [-0.05, 0) is 51.7 Å². The van der Waals surface area contributed by atoms with E-state index >= 15 is 0 Å². The molecule has 0 unspecified atom stereocenters. The molecule has 0 aliphatic carbocycles. The second kappa shape index (κ2) is 8.31. The molecule has 0 saturated carbocycles. The van der Waals surface area contributed by atoms with Crippen molar-refractivity contribution >= 4 is 14.4 Å². The van der Waals surface area contributed by atoms with Crippen molar-refractivity contribution in [2.45, 2.75) is 84.1 Å². The number of amides is 1. The Morgan fingerprint density at radius 1 is 1.18 bits per heavy atom. The van der Waals surface area contributed by atoms with Gasteiger partial charge in [-0.1, -0.05) is 20.8 Å². The minimum Gasteiger partial charge on any atom is -0.465 e. The van der Waals surface area contributed by atoms with Gasteiger partial charge in [0.25, 0.3) is 0 Å². The number of hydrogen-bond acceptors (Lipinski definition) is 3. The topological polar surface area (TPSA) is 70.6 Å². The van der Waals surface area contributed by atoms with Crippen molar-refractivity contribution in [1.29, 1.82) is 0 Å². The van der Waals surface area contributed by atoms with Crippen LogP contribution in [0.5, 0.6) is 0 Å². The molecule has 0 radical (unpaired) electrons. The normalized spacial score (nSPS) is 14.7. The second-order valence-electron chi connectivity index (χ2n) is 8.54. The monoisotopic (exact) mass is 332 g/mol. The first-order chi connectivity index (χ1) is 9.74. The molecule has 6 heteroatoms. The van der Waals surface area contributed by atoms with Gasteiger partial charge in [0.15, 0.2) is 8.32 Å². The highest BCUT2D eigenvalue weighted by Gasteiger charge is 2.37. The van der Waals surface area contributed by atoms with Gasteiger partial charge in [-0.2, -0.15) is 0 Å². The lowest BCUT2D eigenvalue weighted by Crippen LogP contribution is -2.49. The SMILES string of the molecule is CC(C)(C)N[C@@H](CCCNC(=O)O)CO[Si](C)(C)C(C)(C)C. The van der Waals surface area contributed by atoms with Crippen molar-refractivity contribution in [2.75, 3.05) is 13.2 Å². The Labute approximate surface area is 137 Å². The Hall–Kier alpha value is -0.593. The van der Waals surface area contributed by atoms with Gasteiger partial charge in [-0.15, -0.1) is 0 Å². The Balaban J connectivity index is 4.51. The van der Waals surface area contributed by atoms with E-state index in [0.717, 1.165) is 12.8 Å². The highest BCUT2D eigenvalue weighted by atomic mass is 28.4. The fourth-order valence-corrected chi connectivity index (χ4v) is 2.93. The molecule has 132 valence electrons. The largest absolute Gasteiger partial charge is 0.465 e. The smallest absolute Gasteiger partial charge is 0.404 e. The average Bonchev–Trinajstić information content (AvgIpc) is 2.27. The fourth-order valence-electron chi connectivity index (χ4n) is 1.88. The summed E-state index contributed by atoms with van der Waals surface area (Å²) in [7, 11) is -1.76. The zero-order valence-corrected chi connectivity index (χ0v) is 16.7. The van der Waals surface area contributed by atoms with Crippen LogP contribution in [0.1, 0.15) is 54.4 Å². The molecule has 5 nitrogen and oxygen atoms in total. The van der Waals surface area contributed by atoms with Crippen LogP contribution in [0.3, 0.4) is 0 Å². The van der Waals surface area contributed by atoms with Crippen LogP contribution in [0.2, 0.25) is 18.1 Å². The summed E-state index contributed by atoms with van der Waals surface area (Å²) in [5.41, 5.74) is 0.0156. The van der Waals surface area contributed by atoms with E-state index in [9.17, 15) is 4.79 Å². The molecule has 22 heavy (non-hydrogen) atoms. The lowest BCUT2D eigenvalue weighted by molar-refractivity contribution is 0.192. The summed E-state index contributed by atoms with van der Waals surface area (Å²) in [6.45, 7) is 18.8. The van der Waals surface area contributed by atoms with Crippen LogP contribution >= 0.6 is 0 Å². The number of rotatable bonds is 8. The summed E-state index contributed by atoms with van der Waals surface area (Å²) in [4.78, 5) is 10.5. The van der Waals surface area contributed by atoms with E-state index in [1.807, 2.05) is 0 Å². The van der Waals surface area contributed by atoms with E-state index in [-0.39, 0.29) is 16.6 Å². The molecule has 0 aromatic carbocycles. The van der Waals surface area contributed by atoms with Crippen molar-refractivity contribution < 1.29 is 14.3 Å². The number of carboxylic acid groups (broad SMARTS) is 1. The molecule has 0 aromatic rings. The summed E-state index contributed by atoms with van der Waals surface area (Å²) < 4.78 is 6.32. The summed E-state index contributed by atoms with van der Waals surface area (Å²) >= 11 is 0. The first-order valence-electron chi connectivity index (χ1n) is 8.13. The second-order valence-corrected chi connectivity index (χ2v) is 13.3. The molecule has 0 aromatic heterocycles. The summed E-state index contributed by atoms with van der Waals surface area (Å²) in [6, 6.07) is 0.240. The third-order valence-corrected chi connectivity index (χ3v) is 8.59. The Morgan fingerprint density at radius 2 is 1.73 bits per heavy atom. The van der Waals surface area contributed by atoms with E-state index in [1.165, 1.54) is 0 Å². The van der Waals surface area contributed by atoms with Crippen LogP contribution in [-0.4, -0.2) is 44.2 Å². The lowest BCUT2D eigenvalue weighted by Gasteiger charge is -2.38. The molecule has 0 saturated heterocycles. The van der Waals surface area contributed by atoms with Crippen LogP contribution < -0.4 is 10.6 Å². The number of hydrogen-bond donors (Lipinski definition) is 3. The van der Waals surface area contributed by atoms with Gasteiger partial charge >= 0.3 is 6.09 Å². The van der Waals surface area contributed by atoms with Crippen molar-refractivity contribution in [3.8, 4) is 0 Å². The summed E-state index contributed by atoms with van der Waals surface area (Å²) in [6.07, 6.45) is 0.741. The number of carbonyl (C=O) groups is 1. The van der Waals surface area contributed by atoms with E-state index in [4.69, 9.17) is 9.53 Å². The van der Waals surface area contributed by atoms with Gasteiger partial charge in [0, 0.05) is 24.7 Å². The van der Waals surface area contributed by atoms with Gasteiger partial charge in [0.2, 0.25) is 0 Å².